The molecular formula is C12H15ClN4. The van der Waals surface area contributed by atoms with Gasteiger partial charge < -0.3 is 9.88 Å². The topological polar surface area (TPSA) is 42.7 Å². The Balaban J connectivity index is 1.99. The van der Waals surface area contributed by atoms with Gasteiger partial charge in [-0.15, -0.1) is 10.2 Å². The van der Waals surface area contributed by atoms with Gasteiger partial charge in [0.2, 0.25) is 0 Å². The normalized spacial score (nSPS) is 10.7. The summed E-state index contributed by atoms with van der Waals surface area (Å²) in [6.07, 6.45) is 2.69. The van der Waals surface area contributed by atoms with Crippen molar-refractivity contribution in [3.63, 3.8) is 0 Å². The molecule has 0 spiro atoms. The number of hydrogen-bond donors (Lipinski definition) is 1. The Morgan fingerprint density at radius 2 is 2.29 bits per heavy atom. The zero-order valence-corrected chi connectivity index (χ0v) is 10.5. The predicted molar refractivity (Wildman–Crippen MR) is 67.9 cm³/mol. The maximum atomic E-state index is 5.94. The molecule has 0 atom stereocenters. The Morgan fingerprint density at radius 3 is 3.06 bits per heavy atom. The summed E-state index contributed by atoms with van der Waals surface area (Å²) in [5.41, 5.74) is 1.22. The van der Waals surface area contributed by atoms with Crippen molar-refractivity contribution in [3.05, 3.63) is 47.0 Å². The van der Waals surface area contributed by atoms with Crippen LogP contribution < -0.4 is 5.32 Å². The second kappa shape index (κ2) is 5.80. The van der Waals surface area contributed by atoms with Crippen molar-refractivity contribution < 1.29 is 0 Å². The zero-order chi connectivity index (χ0) is 12.1. The maximum absolute atomic E-state index is 5.94. The van der Waals surface area contributed by atoms with Gasteiger partial charge in [0.15, 0.2) is 0 Å². The largest absolute Gasteiger partial charge is 0.316 e. The minimum absolute atomic E-state index is 0.732. The van der Waals surface area contributed by atoms with Crippen LogP contribution in [-0.2, 0) is 19.5 Å². The van der Waals surface area contributed by atoms with E-state index in [1.807, 2.05) is 25.2 Å². The maximum Gasteiger partial charge on any atom is 0.146 e. The second-order valence-electron chi connectivity index (χ2n) is 3.85. The number of hydrogen-bond acceptors (Lipinski definition) is 3. The van der Waals surface area contributed by atoms with E-state index in [-0.39, 0.29) is 0 Å². The summed E-state index contributed by atoms with van der Waals surface area (Å²) < 4.78 is 2.05. The van der Waals surface area contributed by atoms with Crippen LogP contribution in [0.4, 0.5) is 0 Å². The lowest BCUT2D eigenvalue weighted by atomic mass is 10.1. The summed E-state index contributed by atoms with van der Waals surface area (Å²) in [5, 5.41) is 11.8. The van der Waals surface area contributed by atoms with Gasteiger partial charge in [0.05, 0.1) is 6.54 Å². The van der Waals surface area contributed by atoms with E-state index in [1.54, 1.807) is 6.33 Å². The number of nitrogens with one attached hydrogen (secondary N) is 1. The van der Waals surface area contributed by atoms with E-state index in [0.717, 1.165) is 30.4 Å². The van der Waals surface area contributed by atoms with E-state index in [0.29, 0.717) is 0 Å². The molecule has 90 valence electrons. The molecule has 0 fully saturated rings. The van der Waals surface area contributed by atoms with Gasteiger partial charge in [-0.2, -0.15) is 0 Å². The van der Waals surface area contributed by atoms with Crippen LogP contribution in [0.1, 0.15) is 11.4 Å². The molecule has 0 unspecified atom stereocenters. The van der Waals surface area contributed by atoms with Gasteiger partial charge >= 0.3 is 0 Å². The van der Waals surface area contributed by atoms with E-state index >= 15 is 0 Å². The molecule has 0 aliphatic carbocycles. The molecule has 1 aromatic carbocycles. The molecule has 1 N–H and O–H groups in total. The monoisotopic (exact) mass is 250 g/mol. The van der Waals surface area contributed by atoms with Crippen molar-refractivity contribution in [2.75, 3.05) is 7.05 Å². The van der Waals surface area contributed by atoms with Crippen molar-refractivity contribution in [2.45, 2.75) is 19.5 Å². The smallest absolute Gasteiger partial charge is 0.146 e. The minimum Gasteiger partial charge on any atom is -0.316 e. The van der Waals surface area contributed by atoms with Crippen LogP contribution in [0.25, 0.3) is 0 Å². The molecular weight excluding hydrogens is 236 g/mol. The van der Waals surface area contributed by atoms with Gasteiger partial charge in [0.25, 0.3) is 0 Å². The molecule has 1 heterocycles. The number of benzene rings is 1. The number of halogens is 1. The van der Waals surface area contributed by atoms with E-state index < -0.39 is 0 Å². The summed E-state index contributed by atoms with van der Waals surface area (Å²) in [6, 6.07) is 7.92. The lowest BCUT2D eigenvalue weighted by Gasteiger charge is -2.06. The molecule has 2 aromatic rings. The summed E-state index contributed by atoms with van der Waals surface area (Å²) in [5.74, 6) is 0.953. The predicted octanol–water partition coefficient (Wildman–Crippen LogP) is 1.89. The highest BCUT2D eigenvalue weighted by Gasteiger charge is 2.03. The fourth-order valence-corrected chi connectivity index (χ4v) is 1.92. The third-order valence-electron chi connectivity index (χ3n) is 2.56. The average Bonchev–Trinajstić information content (AvgIpc) is 2.75. The summed E-state index contributed by atoms with van der Waals surface area (Å²) in [4.78, 5) is 0. The molecule has 0 amide bonds. The van der Waals surface area contributed by atoms with Gasteiger partial charge in [-0.25, -0.2) is 0 Å². The fraction of sp³-hybridized carbons (Fsp3) is 0.333. The van der Waals surface area contributed by atoms with Gasteiger partial charge in [-0.1, -0.05) is 23.7 Å². The summed E-state index contributed by atoms with van der Waals surface area (Å²) in [6.45, 7) is 1.60. The van der Waals surface area contributed by atoms with Crippen LogP contribution in [0.5, 0.6) is 0 Å². The van der Waals surface area contributed by atoms with Crippen molar-refractivity contribution in [2.24, 2.45) is 0 Å². The third-order valence-corrected chi connectivity index (χ3v) is 2.80. The Kier molecular flexibility index (Phi) is 4.12. The van der Waals surface area contributed by atoms with Crippen LogP contribution in [-0.4, -0.2) is 21.8 Å². The minimum atomic E-state index is 0.732. The fourth-order valence-electron chi connectivity index (χ4n) is 1.70. The summed E-state index contributed by atoms with van der Waals surface area (Å²) in [7, 11) is 1.90. The number of aryl methyl sites for hydroxylation is 2. The van der Waals surface area contributed by atoms with E-state index in [9.17, 15) is 0 Å². The van der Waals surface area contributed by atoms with Crippen molar-refractivity contribution in [1.29, 1.82) is 0 Å². The molecule has 17 heavy (non-hydrogen) atoms. The zero-order valence-electron chi connectivity index (χ0n) is 9.73. The molecule has 0 bridgehead atoms. The first-order valence-electron chi connectivity index (χ1n) is 5.55. The molecule has 0 radical (unpaired) electrons. The Morgan fingerprint density at radius 1 is 1.41 bits per heavy atom. The van der Waals surface area contributed by atoms with Crippen molar-refractivity contribution in [3.8, 4) is 0 Å². The Labute approximate surface area is 106 Å². The quantitative estimate of drug-likeness (QED) is 0.881. The van der Waals surface area contributed by atoms with Crippen molar-refractivity contribution in [1.82, 2.24) is 20.1 Å². The highest BCUT2D eigenvalue weighted by atomic mass is 35.5. The molecule has 1 aromatic heterocycles. The van der Waals surface area contributed by atoms with Gasteiger partial charge in [-0.05, 0) is 31.2 Å². The highest BCUT2D eigenvalue weighted by molar-refractivity contribution is 6.30. The number of nitrogens with zero attached hydrogens (tertiary/aromatic N) is 3. The second-order valence-corrected chi connectivity index (χ2v) is 4.29. The van der Waals surface area contributed by atoms with E-state index in [4.69, 9.17) is 11.6 Å². The Hall–Kier alpha value is -1.39. The van der Waals surface area contributed by atoms with Gasteiger partial charge in [0.1, 0.15) is 12.2 Å². The lowest BCUT2D eigenvalue weighted by Crippen LogP contribution is -2.13. The van der Waals surface area contributed by atoms with Crippen LogP contribution in [0.15, 0.2) is 30.6 Å². The lowest BCUT2D eigenvalue weighted by molar-refractivity contribution is 0.625. The van der Waals surface area contributed by atoms with Crippen LogP contribution in [0.2, 0.25) is 5.02 Å². The van der Waals surface area contributed by atoms with E-state index in [1.165, 1.54) is 5.56 Å². The number of aromatic nitrogens is 3. The van der Waals surface area contributed by atoms with Crippen LogP contribution in [0, 0.1) is 0 Å². The molecule has 2 rings (SSSR count). The van der Waals surface area contributed by atoms with Crippen LogP contribution in [0.3, 0.4) is 0 Å². The SMILES string of the molecule is CNCc1nncn1CCc1cccc(Cl)c1. The average molecular weight is 251 g/mol. The first kappa shape index (κ1) is 12.1. The standard InChI is InChI=1S/C12H15ClN4/c1-14-8-12-16-15-9-17(12)6-5-10-3-2-4-11(13)7-10/h2-4,7,9,14H,5-6,8H2,1H3. The number of rotatable bonds is 5. The first-order valence-corrected chi connectivity index (χ1v) is 5.93. The molecule has 5 heteroatoms. The first-order chi connectivity index (χ1) is 8.29. The van der Waals surface area contributed by atoms with Gasteiger partial charge in [0, 0.05) is 11.6 Å². The molecule has 4 nitrogen and oxygen atoms in total. The van der Waals surface area contributed by atoms with E-state index in [2.05, 4.69) is 26.1 Å². The molecule has 0 aliphatic rings. The van der Waals surface area contributed by atoms with Crippen LogP contribution >= 0.6 is 11.6 Å². The van der Waals surface area contributed by atoms with Gasteiger partial charge in [-0.3, -0.25) is 0 Å². The molecule has 0 saturated carbocycles. The third kappa shape index (κ3) is 3.28. The van der Waals surface area contributed by atoms with Crippen molar-refractivity contribution >= 4 is 11.6 Å². The highest BCUT2D eigenvalue weighted by Crippen LogP contribution is 2.11. The molecule has 0 saturated heterocycles. The summed E-state index contributed by atoms with van der Waals surface area (Å²) >= 11 is 5.94. The Bertz CT molecular complexity index is 481. The molecule has 0 aliphatic heterocycles.